The van der Waals surface area contributed by atoms with Gasteiger partial charge in [0.1, 0.15) is 0 Å². The number of carboxylic acids is 1. The second kappa shape index (κ2) is 6.47. The van der Waals surface area contributed by atoms with Crippen LogP contribution in [0.5, 0.6) is 0 Å². The molecule has 7 nitrogen and oxygen atoms in total. The molecule has 21 heavy (non-hydrogen) atoms. The molecule has 0 unspecified atom stereocenters. The second-order valence-electron chi connectivity index (χ2n) is 4.19. The molecule has 108 valence electrons. The van der Waals surface area contributed by atoms with Crippen LogP contribution in [0.2, 0.25) is 0 Å². The number of hydrogen-bond acceptors (Lipinski definition) is 5. The van der Waals surface area contributed by atoms with E-state index in [1.807, 2.05) is 6.07 Å². The van der Waals surface area contributed by atoms with Crippen LogP contribution >= 0.6 is 0 Å². The molecule has 0 aliphatic rings. The summed E-state index contributed by atoms with van der Waals surface area (Å²) in [7, 11) is 1.21. The fraction of sp³-hybridized carbons (Fsp3) is 0.143. The van der Waals surface area contributed by atoms with Gasteiger partial charge in [0.2, 0.25) is 0 Å². The molecule has 0 amide bonds. The Balaban J connectivity index is 2.22. The monoisotopic (exact) mass is 288 g/mol. The number of rotatable bonds is 6. The van der Waals surface area contributed by atoms with E-state index >= 15 is 0 Å². The smallest absolute Gasteiger partial charge is 0.338 e. The number of pyridine rings is 1. The summed E-state index contributed by atoms with van der Waals surface area (Å²) in [4.78, 5) is 31.4. The molecule has 2 aromatic rings. The van der Waals surface area contributed by atoms with Gasteiger partial charge in [0, 0.05) is 36.8 Å². The van der Waals surface area contributed by atoms with E-state index in [-0.39, 0.29) is 16.2 Å². The van der Waals surface area contributed by atoms with Crippen LogP contribution in [0.25, 0.3) is 0 Å². The molecule has 1 aromatic heterocycles. The van der Waals surface area contributed by atoms with Crippen molar-refractivity contribution in [3.05, 3.63) is 58.8 Å². The minimum atomic E-state index is -1.13. The van der Waals surface area contributed by atoms with Gasteiger partial charge in [-0.25, -0.2) is 9.63 Å². The van der Waals surface area contributed by atoms with E-state index in [9.17, 15) is 14.8 Å². The fourth-order valence-electron chi connectivity index (χ4n) is 1.78. The van der Waals surface area contributed by atoms with Gasteiger partial charge in [-0.1, -0.05) is 6.07 Å². The summed E-state index contributed by atoms with van der Waals surface area (Å²) in [5, 5.41) is 12.2. The molecule has 0 saturated carbocycles. The molecule has 0 bridgehead atoms. The topological polar surface area (TPSA) is 91.5 Å². The van der Waals surface area contributed by atoms with Crippen LogP contribution in [-0.2, 0) is 11.4 Å². The third-order valence-electron chi connectivity index (χ3n) is 2.82. The summed E-state index contributed by atoms with van der Waals surface area (Å²) in [6.45, 7) is 0.429. The lowest BCUT2D eigenvalue weighted by Gasteiger charge is -2.09. The molecule has 0 atom stereocenters. The Morgan fingerprint density at radius 2 is 2.24 bits per heavy atom. The summed E-state index contributed by atoms with van der Waals surface area (Å²) in [6, 6.07) is 7.93. The van der Waals surface area contributed by atoms with Crippen molar-refractivity contribution in [1.82, 2.24) is 4.98 Å². The van der Waals surface area contributed by atoms with E-state index in [4.69, 9.17) is 0 Å². The Hall–Kier alpha value is -2.96. The van der Waals surface area contributed by atoms with Gasteiger partial charge in [0.15, 0.2) is 7.11 Å². The maximum Gasteiger partial charge on any atom is 0.338 e. The fourth-order valence-corrected chi connectivity index (χ4v) is 1.78. The van der Waals surface area contributed by atoms with Crippen LogP contribution in [0, 0.1) is 4.91 Å². The largest absolute Gasteiger partial charge is 0.478 e. The number of aromatic nitrogens is 1. The molecule has 7 heteroatoms. The predicted octanol–water partition coefficient (Wildman–Crippen LogP) is 2.36. The second-order valence-corrected chi connectivity index (χ2v) is 4.19. The lowest BCUT2D eigenvalue weighted by Crippen LogP contribution is -2.08. The summed E-state index contributed by atoms with van der Waals surface area (Å²) < 4.78 is 0. The van der Waals surface area contributed by atoms with Gasteiger partial charge in [-0.2, -0.15) is 0 Å². The van der Waals surface area contributed by atoms with Crippen LogP contribution in [0.1, 0.15) is 15.9 Å². The van der Waals surface area contributed by atoms with Crippen LogP contribution in [-0.4, -0.2) is 28.1 Å². The number of anilines is 1. The van der Waals surface area contributed by atoms with Crippen molar-refractivity contribution in [1.29, 1.82) is 0 Å². The Morgan fingerprint density at radius 3 is 2.86 bits per heavy atom. The first-order chi connectivity index (χ1) is 10.1. The average molecular weight is 288 g/mol. The molecule has 2 N–H and O–H groups in total. The van der Waals surface area contributed by atoms with Crippen LogP contribution < -0.4 is 5.32 Å². The van der Waals surface area contributed by atoms with Gasteiger partial charge in [-0.3, -0.25) is 4.98 Å². The number of carbonyl (C=O) groups is 1. The maximum absolute atomic E-state index is 11.4. The number of nitrogens with zero attached hydrogens (tertiary/aromatic N) is 2. The number of carboxylic acid groups (broad SMARTS) is 1. The Bertz CT molecular complexity index is 659. The first kappa shape index (κ1) is 14.4. The molecule has 0 fully saturated rings. The molecular weight excluding hydrogens is 274 g/mol. The molecule has 1 heterocycles. The first-order valence-corrected chi connectivity index (χ1v) is 6.13. The quantitative estimate of drug-likeness (QED) is 0.793. The Morgan fingerprint density at radius 1 is 1.43 bits per heavy atom. The average Bonchev–Trinajstić information content (AvgIpc) is 2.52. The number of benzene rings is 1. The highest BCUT2D eigenvalue weighted by Gasteiger charge is 2.20. The van der Waals surface area contributed by atoms with Crippen molar-refractivity contribution < 1.29 is 19.7 Å². The van der Waals surface area contributed by atoms with Gasteiger partial charge in [0.05, 0.1) is 10.5 Å². The molecule has 0 spiro atoms. The van der Waals surface area contributed by atoms with Crippen molar-refractivity contribution in [2.45, 2.75) is 6.54 Å². The summed E-state index contributed by atoms with van der Waals surface area (Å²) in [5.74, 6) is -1.13. The zero-order valence-electron chi connectivity index (χ0n) is 11.3. The van der Waals surface area contributed by atoms with Gasteiger partial charge >= 0.3 is 11.7 Å². The van der Waals surface area contributed by atoms with E-state index in [2.05, 4.69) is 15.1 Å². The minimum Gasteiger partial charge on any atom is -0.478 e. The Labute approximate surface area is 120 Å². The van der Waals surface area contributed by atoms with E-state index in [0.29, 0.717) is 12.2 Å². The van der Waals surface area contributed by atoms with Gasteiger partial charge in [-0.05, 0) is 17.7 Å². The third kappa shape index (κ3) is 3.53. The van der Waals surface area contributed by atoms with Crippen molar-refractivity contribution >= 4 is 17.3 Å². The Kier molecular flexibility index (Phi) is 4.45. The normalized spacial score (nSPS) is 9.95. The molecule has 2 rings (SSSR count). The van der Waals surface area contributed by atoms with Crippen LogP contribution in [0.4, 0.5) is 11.4 Å². The molecule has 0 radical (unpaired) electrons. The zero-order valence-corrected chi connectivity index (χ0v) is 11.3. The number of nitrogens with one attached hydrogen (secondary N) is 1. The molecule has 0 saturated heterocycles. The lowest BCUT2D eigenvalue weighted by atomic mass is 10.1. The number of hydrogen-bond donors (Lipinski definition) is 2. The zero-order chi connectivity index (χ0) is 15.2. The van der Waals surface area contributed by atoms with Crippen LogP contribution in [0.3, 0.4) is 0 Å². The summed E-state index contributed by atoms with van der Waals surface area (Å²) >= 11 is 0. The van der Waals surface area contributed by atoms with Gasteiger partial charge in [-0.15, -0.1) is 0 Å². The van der Waals surface area contributed by atoms with Crippen LogP contribution in [0.15, 0.2) is 42.7 Å². The molecule has 0 aliphatic heterocycles. The maximum atomic E-state index is 11.4. The predicted molar refractivity (Wildman–Crippen MR) is 75.3 cm³/mol. The standard InChI is InChI=1S/C14H13N3O4/c1-21-17(20)11-4-5-13(12(7-11)14(18)19)16-9-10-3-2-6-15-8-10/h2-8H,9H2,1H3,(H-,16,18,19,20)/p+1. The van der Waals surface area contributed by atoms with E-state index in [1.54, 1.807) is 18.5 Å². The molecular formula is C14H14N3O4+. The summed E-state index contributed by atoms with van der Waals surface area (Å²) in [6.07, 6.45) is 3.35. The highest BCUT2D eigenvalue weighted by atomic mass is 16.8. The summed E-state index contributed by atoms with van der Waals surface area (Å²) in [5.41, 5.74) is 1.44. The third-order valence-corrected chi connectivity index (χ3v) is 2.82. The number of aromatic carboxylic acids is 1. The van der Waals surface area contributed by atoms with Gasteiger partial charge < -0.3 is 10.4 Å². The van der Waals surface area contributed by atoms with E-state index < -0.39 is 5.97 Å². The van der Waals surface area contributed by atoms with E-state index in [0.717, 1.165) is 5.56 Å². The van der Waals surface area contributed by atoms with Crippen molar-refractivity contribution in [2.24, 2.45) is 0 Å². The lowest BCUT2D eigenvalue weighted by molar-refractivity contribution is -0.736. The highest BCUT2D eigenvalue weighted by Crippen LogP contribution is 2.23. The minimum absolute atomic E-state index is 0.00529. The van der Waals surface area contributed by atoms with Crippen molar-refractivity contribution in [2.75, 3.05) is 12.4 Å². The van der Waals surface area contributed by atoms with E-state index in [1.165, 1.54) is 25.3 Å². The highest BCUT2D eigenvalue weighted by molar-refractivity contribution is 5.95. The van der Waals surface area contributed by atoms with Crippen molar-refractivity contribution in [3.63, 3.8) is 0 Å². The molecule has 1 aromatic carbocycles. The first-order valence-electron chi connectivity index (χ1n) is 6.13. The SMILES string of the molecule is CO[N+](=O)c1ccc(NCc2cccnc2)c(C(=O)O)c1. The van der Waals surface area contributed by atoms with Crippen molar-refractivity contribution in [3.8, 4) is 0 Å². The van der Waals surface area contributed by atoms with Gasteiger partial charge in [0.25, 0.3) is 4.92 Å². The molecule has 0 aliphatic carbocycles.